The molecule has 5 nitrogen and oxygen atoms in total. The number of urea groups is 1. The van der Waals surface area contributed by atoms with E-state index in [4.69, 9.17) is 10.6 Å². The van der Waals surface area contributed by atoms with Gasteiger partial charge in [0.05, 0.1) is 12.8 Å². The highest BCUT2D eigenvalue weighted by atomic mass is 16.5. The molecular weight excluding hydrogens is 206 g/mol. The van der Waals surface area contributed by atoms with E-state index in [0.29, 0.717) is 11.4 Å². The van der Waals surface area contributed by atoms with E-state index in [9.17, 15) is 4.79 Å². The average molecular weight is 223 g/mol. The summed E-state index contributed by atoms with van der Waals surface area (Å²) in [6.07, 6.45) is 0. The second kappa shape index (κ2) is 4.85. The summed E-state index contributed by atoms with van der Waals surface area (Å²) in [5.41, 5.74) is 4.82. The largest absolute Gasteiger partial charge is 0.494 e. The van der Waals surface area contributed by atoms with Crippen LogP contribution in [-0.2, 0) is 0 Å². The van der Waals surface area contributed by atoms with Crippen molar-refractivity contribution in [2.75, 3.05) is 19.1 Å². The fraction of sp³-hybridized carbons (Fsp3) is 0.364. The van der Waals surface area contributed by atoms with E-state index < -0.39 is 0 Å². The molecule has 0 unspecified atom stereocenters. The summed E-state index contributed by atoms with van der Waals surface area (Å²) in [5.74, 6) is 5.77. The van der Waals surface area contributed by atoms with Crippen molar-refractivity contribution >= 4 is 11.7 Å². The quantitative estimate of drug-likeness (QED) is 0.451. The topological polar surface area (TPSA) is 67.6 Å². The number of hydrogen-bond acceptors (Lipinski definition) is 3. The number of nitrogens with one attached hydrogen (secondary N) is 1. The number of hydrogen-bond donors (Lipinski definition) is 2. The molecule has 0 saturated carbocycles. The average Bonchev–Trinajstić information content (AvgIpc) is 2.26. The first kappa shape index (κ1) is 12.3. The van der Waals surface area contributed by atoms with Crippen LogP contribution in [0.5, 0.6) is 5.75 Å². The van der Waals surface area contributed by atoms with Gasteiger partial charge in [-0.15, -0.1) is 0 Å². The first-order valence-corrected chi connectivity index (χ1v) is 4.90. The lowest BCUT2D eigenvalue weighted by Gasteiger charge is -2.21. The third-order valence-corrected chi connectivity index (χ3v) is 2.39. The molecule has 0 aliphatic carbocycles. The van der Waals surface area contributed by atoms with Crippen molar-refractivity contribution in [2.45, 2.75) is 13.8 Å². The molecule has 0 spiro atoms. The Hall–Kier alpha value is -1.75. The monoisotopic (exact) mass is 223 g/mol. The van der Waals surface area contributed by atoms with Crippen LogP contribution in [0.2, 0.25) is 0 Å². The lowest BCUT2D eigenvalue weighted by atomic mass is 10.1. The molecule has 0 aliphatic heterocycles. The summed E-state index contributed by atoms with van der Waals surface area (Å²) in [7, 11) is 3.22. The predicted molar refractivity (Wildman–Crippen MR) is 63.6 cm³/mol. The minimum atomic E-state index is -0.386. The fourth-order valence-electron chi connectivity index (χ4n) is 1.65. The number of nitrogens with zero attached hydrogens (tertiary/aromatic N) is 1. The molecule has 0 radical (unpaired) electrons. The maximum absolute atomic E-state index is 11.4. The zero-order valence-corrected chi connectivity index (χ0v) is 10.00. The minimum absolute atomic E-state index is 0.386. The van der Waals surface area contributed by atoms with Crippen molar-refractivity contribution in [3.05, 3.63) is 23.3 Å². The molecule has 88 valence electrons. The first-order valence-electron chi connectivity index (χ1n) is 4.90. The fourth-order valence-corrected chi connectivity index (χ4v) is 1.65. The van der Waals surface area contributed by atoms with Gasteiger partial charge in [-0.05, 0) is 31.0 Å². The molecule has 3 N–H and O–H groups in total. The van der Waals surface area contributed by atoms with Crippen LogP contribution in [0, 0.1) is 13.8 Å². The molecule has 2 amide bonds. The molecule has 0 bridgehead atoms. The van der Waals surface area contributed by atoms with Gasteiger partial charge in [0.15, 0.2) is 0 Å². The minimum Gasteiger partial charge on any atom is -0.494 e. The van der Waals surface area contributed by atoms with Gasteiger partial charge in [-0.3, -0.25) is 10.3 Å². The van der Waals surface area contributed by atoms with E-state index in [1.807, 2.05) is 26.0 Å². The highest BCUT2D eigenvalue weighted by molar-refractivity contribution is 5.93. The summed E-state index contributed by atoms with van der Waals surface area (Å²) >= 11 is 0. The molecule has 0 aromatic heterocycles. The number of ether oxygens (including phenoxy) is 1. The summed E-state index contributed by atoms with van der Waals surface area (Å²) in [4.78, 5) is 12.9. The maximum Gasteiger partial charge on any atom is 0.335 e. The number of benzene rings is 1. The Morgan fingerprint density at radius 3 is 2.56 bits per heavy atom. The van der Waals surface area contributed by atoms with Gasteiger partial charge in [-0.2, -0.15) is 0 Å². The van der Waals surface area contributed by atoms with Crippen molar-refractivity contribution in [1.29, 1.82) is 0 Å². The molecule has 0 saturated heterocycles. The maximum atomic E-state index is 11.4. The number of anilines is 1. The Labute approximate surface area is 95.2 Å². The third kappa shape index (κ3) is 2.25. The summed E-state index contributed by atoms with van der Waals surface area (Å²) < 4.78 is 5.28. The smallest absolute Gasteiger partial charge is 0.335 e. The molecule has 1 aromatic rings. The van der Waals surface area contributed by atoms with E-state index >= 15 is 0 Å². The Kier molecular flexibility index (Phi) is 3.73. The van der Waals surface area contributed by atoms with Crippen LogP contribution >= 0.6 is 0 Å². The van der Waals surface area contributed by atoms with Crippen molar-refractivity contribution in [2.24, 2.45) is 5.84 Å². The van der Waals surface area contributed by atoms with Gasteiger partial charge in [0.25, 0.3) is 0 Å². The third-order valence-electron chi connectivity index (χ3n) is 2.39. The second-order valence-electron chi connectivity index (χ2n) is 3.64. The van der Waals surface area contributed by atoms with Gasteiger partial charge in [0.1, 0.15) is 5.75 Å². The summed E-state index contributed by atoms with van der Waals surface area (Å²) in [5, 5.41) is 0. The molecule has 0 heterocycles. The standard InChI is InChI=1S/C11H17N3O2/c1-7-5-8(2)10(16-4)9(6-7)14(3)11(15)13-12/h5-6H,12H2,1-4H3,(H,13,15). The van der Waals surface area contributed by atoms with Gasteiger partial charge in [-0.25, -0.2) is 10.6 Å². The molecule has 0 fully saturated rings. The number of methoxy groups -OCH3 is 1. The summed E-state index contributed by atoms with van der Waals surface area (Å²) in [6, 6.07) is 3.49. The van der Waals surface area contributed by atoms with E-state index in [-0.39, 0.29) is 6.03 Å². The molecule has 1 aromatic carbocycles. The van der Waals surface area contributed by atoms with Crippen LogP contribution in [0.25, 0.3) is 0 Å². The van der Waals surface area contributed by atoms with Crippen LogP contribution < -0.4 is 20.9 Å². The van der Waals surface area contributed by atoms with Crippen LogP contribution in [-0.4, -0.2) is 20.2 Å². The number of carbonyl (C=O) groups excluding carboxylic acids is 1. The lowest BCUT2D eigenvalue weighted by Crippen LogP contribution is -2.41. The SMILES string of the molecule is COc1c(C)cc(C)cc1N(C)C(=O)NN. The molecule has 16 heavy (non-hydrogen) atoms. The van der Waals surface area contributed by atoms with Crippen LogP contribution in [0.1, 0.15) is 11.1 Å². The van der Waals surface area contributed by atoms with Crippen LogP contribution in [0.15, 0.2) is 12.1 Å². The molecular formula is C11H17N3O2. The number of carbonyl (C=O) groups is 1. The van der Waals surface area contributed by atoms with Crippen molar-refractivity contribution < 1.29 is 9.53 Å². The van der Waals surface area contributed by atoms with E-state index in [1.165, 1.54) is 4.90 Å². The van der Waals surface area contributed by atoms with Gasteiger partial charge < -0.3 is 4.74 Å². The van der Waals surface area contributed by atoms with Gasteiger partial charge in [-0.1, -0.05) is 6.07 Å². The van der Waals surface area contributed by atoms with Gasteiger partial charge >= 0.3 is 6.03 Å². The van der Waals surface area contributed by atoms with E-state index in [2.05, 4.69) is 5.43 Å². The Bertz CT molecular complexity index is 404. The number of nitrogens with two attached hydrogens (primary N) is 1. The van der Waals surface area contributed by atoms with Crippen molar-refractivity contribution in [3.8, 4) is 5.75 Å². The van der Waals surface area contributed by atoms with Crippen LogP contribution in [0.3, 0.4) is 0 Å². The van der Waals surface area contributed by atoms with Crippen molar-refractivity contribution in [3.63, 3.8) is 0 Å². The Morgan fingerprint density at radius 1 is 1.44 bits per heavy atom. The molecule has 0 aliphatic rings. The molecule has 1 rings (SSSR count). The lowest BCUT2D eigenvalue weighted by molar-refractivity contribution is 0.247. The number of hydrazine groups is 1. The predicted octanol–water partition coefficient (Wildman–Crippen LogP) is 1.33. The van der Waals surface area contributed by atoms with Crippen molar-refractivity contribution in [1.82, 2.24) is 5.43 Å². The number of amides is 2. The summed E-state index contributed by atoms with van der Waals surface area (Å²) in [6.45, 7) is 3.90. The van der Waals surface area contributed by atoms with Gasteiger partial charge in [0, 0.05) is 7.05 Å². The Morgan fingerprint density at radius 2 is 2.06 bits per heavy atom. The normalized spacial score (nSPS) is 9.81. The Balaban J connectivity index is 3.25. The molecule has 5 heteroatoms. The highest BCUT2D eigenvalue weighted by Gasteiger charge is 2.16. The second-order valence-corrected chi connectivity index (χ2v) is 3.64. The zero-order valence-electron chi connectivity index (χ0n) is 10.00. The zero-order chi connectivity index (χ0) is 12.3. The molecule has 0 atom stereocenters. The highest BCUT2D eigenvalue weighted by Crippen LogP contribution is 2.32. The van der Waals surface area contributed by atoms with Gasteiger partial charge in [0.2, 0.25) is 0 Å². The number of aryl methyl sites for hydroxylation is 2. The van der Waals surface area contributed by atoms with E-state index in [1.54, 1.807) is 14.2 Å². The van der Waals surface area contributed by atoms with Crippen LogP contribution in [0.4, 0.5) is 10.5 Å². The first-order chi connectivity index (χ1) is 7.51. The van der Waals surface area contributed by atoms with E-state index in [0.717, 1.165) is 11.1 Å². The number of rotatable bonds is 2.